The third-order valence-corrected chi connectivity index (χ3v) is 4.35. The van der Waals surface area contributed by atoms with E-state index in [4.69, 9.17) is 9.47 Å². The molecule has 0 spiro atoms. The molecule has 130 valence electrons. The number of anilines is 1. The van der Waals surface area contributed by atoms with Gasteiger partial charge in [-0.2, -0.15) is 5.10 Å². The van der Waals surface area contributed by atoms with Crippen molar-refractivity contribution in [3.8, 4) is 17.0 Å². The van der Waals surface area contributed by atoms with Crippen LogP contribution >= 0.6 is 0 Å². The molecule has 2 N–H and O–H groups in total. The van der Waals surface area contributed by atoms with Crippen LogP contribution in [-0.2, 0) is 16.0 Å². The summed E-state index contributed by atoms with van der Waals surface area (Å²) in [4.78, 5) is 25.5. The van der Waals surface area contributed by atoms with Crippen molar-refractivity contribution in [1.82, 2.24) is 15.5 Å². The van der Waals surface area contributed by atoms with Crippen LogP contribution in [0.1, 0.15) is 12.5 Å². The molecule has 2 aliphatic rings. The van der Waals surface area contributed by atoms with Crippen LogP contribution in [0.4, 0.5) is 10.5 Å². The van der Waals surface area contributed by atoms with Gasteiger partial charge in [0.25, 0.3) is 5.91 Å². The van der Waals surface area contributed by atoms with Gasteiger partial charge in [0.05, 0.1) is 30.7 Å². The maximum atomic E-state index is 12.2. The normalized spacial score (nSPS) is 18.7. The van der Waals surface area contributed by atoms with E-state index in [1.807, 2.05) is 19.1 Å². The van der Waals surface area contributed by atoms with Gasteiger partial charge in [0.2, 0.25) is 0 Å². The molecular weight excluding hydrogens is 324 g/mol. The molecule has 0 aliphatic carbocycles. The number of nitrogens with zero attached hydrogens (tertiary/aromatic N) is 2. The second-order valence-corrected chi connectivity index (χ2v) is 5.93. The second-order valence-electron chi connectivity index (χ2n) is 5.93. The van der Waals surface area contributed by atoms with Gasteiger partial charge in [0, 0.05) is 30.2 Å². The Bertz CT molecular complexity index is 832. The number of H-pyrrole nitrogens is 1. The fourth-order valence-corrected chi connectivity index (χ4v) is 3.11. The molecule has 1 aromatic heterocycles. The summed E-state index contributed by atoms with van der Waals surface area (Å²) in [6.45, 7) is 3.03. The number of carbonyl (C=O) groups excluding carboxylic acids is 2. The molecule has 25 heavy (non-hydrogen) atoms. The number of ether oxygens (including phenoxy) is 2. The van der Waals surface area contributed by atoms with Crippen molar-refractivity contribution >= 4 is 17.7 Å². The van der Waals surface area contributed by atoms with Crippen LogP contribution in [0, 0.1) is 0 Å². The summed E-state index contributed by atoms with van der Waals surface area (Å²) in [5.74, 6) is 0.390. The van der Waals surface area contributed by atoms with E-state index >= 15 is 0 Å². The smallest absolute Gasteiger partial charge is 0.415 e. The summed E-state index contributed by atoms with van der Waals surface area (Å²) in [5.41, 5.74) is 3.58. The topological polar surface area (TPSA) is 96.5 Å². The molecule has 8 heteroatoms. The number of cyclic esters (lactones) is 1. The molecule has 1 saturated heterocycles. The van der Waals surface area contributed by atoms with Gasteiger partial charge in [-0.15, -0.1) is 0 Å². The van der Waals surface area contributed by atoms with E-state index in [-0.39, 0.29) is 12.5 Å². The average molecular weight is 342 g/mol. The Morgan fingerprint density at radius 1 is 1.48 bits per heavy atom. The number of aromatic amines is 1. The zero-order valence-corrected chi connectivity index (χ0v) is 13.7. The fraction of sp³-hybridized carbons (Fsp3) is 0.353. The van der Waals surface area contributed by atoms with Crippen LogP contribution in [-0.4, -0.2) is 48.0 Å². The third-order valence-electron chi connectivity index (χ3n) is 4.35. The van der Waals surface area contributed by atoms with Crippen LogP contribution in [0.25, 0.3) is 11.3 Å². The van der Waals surface area contributed by atoms with Crippen molar-refractivity contribution in [1.29, 1.82) is 0 Å². The van der Waals surface area contributed by atoms with Gasteiger partial charge >= 0.3 is 6.09 Å². The van der Waals surface area contributed by atoms with Crippen molar-refractivity contribution in [3.63, 3.8) is 0 Å². The highest BCUT2D eigenvalue weighted by Crippen LogP contribution is 2.37. The lowest BCUT2D eigenvalue weighted by Crippen LogP contribution is -2.37. The largest absolute Gasteiger partial charge is 0.492 e. The highest BCUT2D eigenvalue weighted by molar-refractivity contribution is 5.96. The zero-order chi connectivity index (χ0) is 17.4. The molecule has 8 nitrogen and oxygen atoms in total. The average Bonchev–Trinajstić information content (AvgIpc) is 3.18. The number of hydrogen-bond donors (Lipinski definition) is 2. The minimum atomic E-state index is -0.800. The number of likely N-dealkylation sites (N-methyl/N-ethyl adjacent to an activating group) is 1. The summed E-state index contributed by atoms with van der Waals surface area (Å²) in [6.07, 6.45) is 1.23. The van der Waals surface area contributed by atoms with Gasteiger partial charge in [-0.1, -0.05) is 0 Å². The first-order valence-corrected chi connectivity index (χ1v) is 8.22. The first kappa shape index (κ1) is 15.5. The van der Waals surface area contributed by atoms with Gasteiger partial charge in [0.15, 0.2) is 6.10 Å². The van der Waals surface area contributed by atoms with E-state index in [1.54, 1.807) is 12.3 Å². The molecule has 0 bridgehead atoms. The van der Waals surface area contributed by atoms with Crippen LogP contribution in [0.3, 0.4) is 0 Å². The number of rotatable bonds is 3. The minimum Gasteiger partial charge on any atom is -0.492 e. The summed E-state index contributed by atoms with van der Waals surface area (Å²) in [6, 6.07) is 5.51. The van der Waals surface area contributed by atoms with Crippen molar-refractivity contribution in [2.45, 2.75) is 19.4 Å². The van der Waals surface area contributed by atoms with Crippen LogP contribution < -0.4 is 15.0 Å². The van der Waals surface area contributed by atoms with E-state index in [0.717, 1.165) is 23.2 Å². The molecule has 1 aromatic carbocycles. The SMILES string of the molecule is CCNC(=O)[C@H]1CN(c2ccc3c(c2)OCCc2cn[nH]c2-3)C(=O)O1. The predicted octanol–water partition coefficient (Wildman–Crippen LogP) is 1.47. The Balaban J connectivity index is 1.62. The van der Waals surface area contributed by atoms with Crippen molar-refractivity contribution in [2.75, 3.05) is 24.6 Å². The highest BCUT2D eigenvalue weighted by Gasteiger charge is 2.37. The Hall–Kier alpha value is -3.03. The molecule has 4 rings (SSSR count). The molecule has 0 saturated carbocycles. The number of benzene rings is 1. The molecule has 3 heterocycles. The second kappa shape index (κ2) is 6.12. The highest BCUT2D eigenvalue weighted by atomic mass is 16.6. The quantitative estimate of drug-likeness (QED) is 0.880. The number of hydrogen-bond acceptors (Lipinski definition) is 5. The molecule has 2 aliphatic heterocycles. The van der Waals surface area contributed by atoms with Crippen molar-refractivity contribution in [2.24, 2.45) is 0 Å². The van der Waals surface area contributed by atoms with Crippen molar-refractivity contribution in [3.05, 3.63) is 30.0 Å². The van der Waals surface area contributed by atoms with E-state index in [1.165, 1.54) is 4.90 Å². The molecular formula is C17H18N4O4. The van der Waals surface area contributed by atoms with Crippen molar-refractivity contribution < 1.29 is 19.1 Å². The first-order valence-electron chi connectivity index (χ1n) is 8.22. The lowest BCUT2D eigenvalue weighted by atomic mass is 10.1. The van der Waals surface area contributed by atoms with Gasteiger partial charge in [0.1, 0.15) is 5.75 Å². The van der Waals surface area contributed by atoms with Crippen LogP contribution in [0.2, 0.25) is 0 Å². The van der Waals surface area contributed by atoms with Gasteiger partial charge in [-0.3, -0.25) is 14.8 Å². The Kier molecular flexibility index (Phi) is 3.79. The Morgan fingerprint density at radius 3 is 3.20 bits per heavy atom. The Morgan fingerprint density at radius 2 is 2.36 bits per heavy atom. The maximum absolute atomic E-state index is 12.2. The van der Waals surface area contributed by atoms with E-state index in [0.29, 0.717) is 24.6 Å². The minimum absolute atomic E-state index is 0.179. The number of carbonyl (C=O) groups is 2. The first-order chi connectivity index (χ1) is 12.2. The van der Waals surface area contributed by atoms with E-state index in [9.17, 15) is 9.59 Å². The summed E-state index contributed by atoms with van der Waals surface area (Å²) < 4.78 is 11.0. The molecule has 1 fully saturated rings. The third kappa shape index (κ3) is 2.69. The van der Waals surface area contributed by atoms with E-state index < -0.39 is 12.2 Å². The summed E-state index contributed by atoms with van der Waals surface area (Å²) in [7, 11) is 0. The number of nitrogens with one attached hydrogen (secondary N) is 2. The van der Waals surface area contributed by atoms with Gasteiger partial charge < -0.3 is 14.8 Å². The zero-order valence-electron chi connectivity index (χ0n) is 13.7. The van der Waals surface area contributed by atoms with Gasteiger partial charge in [-0.05, 0) is 19.1 Å². The Labute approximate surface area is 144 Å². The number of amides is 2. The molecule has 0 radical (unpaired) electrons. The lowest BCUT2D eigenvalue weighted by Gasteiger charge is -2.16. The molecule has 0 unspecified atom stereocenters. The van der Waals surface area contributed by atoms with Crippen LogP contribution in [0.5, 0.6) is 5.75 Å². The number of fused-ring (bicyclic) bond motifs is 3. The lowest BCUT2D eigenvalue weighted by molar-refractivity contribution is -0.127. The van der Waals surface area contributed by atoms with Crippen LogP contribution in [0.15, 0.2) is 24.4 Å². The maximum Gasteiger partial charge on any atom is 0.415 e. The molecule has 2 aromatic rings. The molecule has 1 atom stereocenters. The summed E-state index contributed by atoms with van der Waals surface area (Å²) >= 11 is 0. The van der Waals surface area contributed by atoms with E-state index in [2.05, 4.69) is 15.5 Å². The number of aromatic nitrogens is 2. The standard InChI is InChI=1S/C17H18N4O4/c1-2-18-16(22)14-9-21(17(23)25-14)11-3-4-12-13(7-11)24-6-5-10-8-19-20-15(10)12/h3-4,7-8,14H,2,5-6,9H2,1H3,(H,18,22)(H,19,20)/t14-/m1/s1. The summed E-state index contributed by atoms with van der Waals surface area (Å²) in [5, 5.41) is 9.76. The predicted molar refractivity (Wildman–Crippen MR) is 89.5 cm³/mol. The fourth-order valence-electron chi connectivity index (χ4n) is 3.11. The monoisotopic (exact) mass is 342 g/mol. The van der Waals surface area contributed by atoms with Gasteiger partial charge in [-0.25, -0.2) is 4.79 Å². The molecule has 2 amide bonds.